The maximum absolute atomic E-state index is 10.9. The number of nitrogens with zero attached hydrogens (tertiary/aromatic N) is 1. The van der Waals surface area contributed by atoms with Crippen LogP contribution in [0.25, 0.3) is 0 Å². The molecule has 0 aromatic heterocycles. The Labute approximate surface area is 111 Å². The van der Waals surface area contributed by atoms with Gasteiger partial charge in [-0.15, -0.1) is 0 Å². The largest absolute Gasteiger partial charge is 0.490 e. The van der Waals surface area contributed by atoms with Crippen LogP contribution in [0.5, 0.6) is 5.75 Å². The molecule has 0 spiro atoms. The summed E-state index contributed by atoms with van der Waals surface area (Å²) in [5, 5.41) is 23.7. The molecule has 1 fully saturated rings. The van der Waals surface area contributed by atoms with E-state index >= 15 is 0 Å². The molecule has 1 aromatic carbocycles. The molecule has 1 aromatic rings. The van der Waals surface area contributed by atoms with E-state index in [9.17, 15) is 15.2 Å². The maximum Gasteiger partial charge on any atom is 0.312 e. The molecule has 0 atom stereocenters. The summed E-state index contributed by atoms with van der Waals surface area (Å²) in [7, 11) is 1.41. The highest BCUT2D eigenvalue weighted by atomic mass is 16.6. The first-order valence-electron chi connectivity index (χ1n) is 6.37. The standard InChI is InChI=1S/C13H18N2O4/c1-19-13-7-4-10(8-12(13)15(17)18)14-9-2-5-11(16)6-3-9/h4,7-9,11,14,16H,2-3,5-6H2,1H3. The second kappa shape index (κ2) is 5.88. The van der Waals surface area contributed by atoms with E-state index in [0.717, 1.165) is 25.7 Å². The zero-order valence-electron chi connectivity index (χ0n) is 10.8. The monoisotopic (exact) mass is 266 g/mol. The van der Waals surface area contributed by atoms with Gasteiger partial charge in [-0.2, -0.15) is 0 Å². The lowest BCUT2D eigenvalue weighted by molar-refractivity contribution is -0.385. The van der Waals surface area contributed by atoms with E-state index in [-0.39, 0.29) is 23.6 Å². The van der Waals surface area contributed by atoms with Gasteiger partial charge in [0.1, 0.15) is 0 Å². The highest BCUT2D eigenvalue weighted by Crippen LogP contribution is 2.31. The van der Waals surface area contributed by atoms with Gasteiger partial charge in [-0.3, -0.25) is 10.1 Å². The highest BCUT2D eigenvalue weighted by Gasteiger charge is 2.21. The van der Waals surface area contributed by atoms with E-state index in [1.54, 1.807) is 12.1 Å². The normalized spacial score (nSPS) is 22.8. The van der Waals surface area contributed by atoms with E-state index in [2.05, 4.69) is 5.32 Å². The maximum atomic E-state index is 10.9. The first-order valence-corrected chi connectivity index (χ1v) is 6.37. The number of aliphatic hydroxyl groups is 1. The van der Waals surface area contributed by atoms with Crippen molar-refractivity contribution in [3.63, 3.8) is 0 Å². The number of nitro groups is 1. The number of methoxy groups -OCH3 is 1. The van der Waals surface area contributed by atoms with E-state index in [0.29, 0.717) is 5.69 Å². The number of nitrogens with one attached hydrogen (secondary N) is 1. The fourth-order valence-electron chi connectivity index (χ4n) is 2.38. The topological polar surface area (TPSA) is 84.6 Å². The molecule has 0 heterocycles. The second-order valence-corrected chi connectivity index (χ2v) is 4.79. The van der Waals surface area contributed by atoms with Crippen molar-refractivity contribution in [3.8, 4) is 5.75 Å². The highest BCUT2D eigenvalue weighted by molar-refractivity contribution is 5.58. The molecule has 0 bridgehead atoms. The van der Waals surface area contributed by atoms with Gasteiger partial charge in [0, 0.05) is 17.8 Å². The first-order chi connectivity index (χ1) is 9.10. The molecule has 0 saturated heterocycles. The average Bonchev–Trinajstić information content (AvgIpc) is 2.41. The van der Waals surface area contributed by atoms with Gasteiger partial charge in [0.05, 0.1) is 18.1 Å². The molecule has 1 aliphatic carbocycles. The number of hydrogen-bond acceptors (Lipinski definition) is 5. The fraction of sp³-hybridized carbons (Fsp3) is 0.538. The Kier molecular flexibility index (Phi) is 4.21. The van der Waals surface area contributed by atoms with Crippen LogP contribution in [0.1, 0.15) is 25.7 Å². The van der Waals surface area contributed by atoms with Crippen LogP contribution < -0.4 is 10.1 Å². The summed E-state index contributed by atoms with van der Waals surface area (Å²) in [6.45, 7) is 0. The Morgan fingerprint density at radius 3 is 2.63 bits per heavy atom. The SMILES string of the molecule is COc1ccc(NC2CCC(O)CC2)cc1[N+](=O)[O-]. The third-order valence-electron chi connectivity index (χ3n) is 3.44. The van der Waals surface area contributed by atoms with Crippen molar-refractivity contribution >= 4 is 11.4 Å². The number of rotatable bonds is 4. The first kappa shape index (κ1) is 13.6. The number of benzene rings is 1. The van der Waals surface area contributed by atoms with Crippen molar-refractivity contribution in [3.05, 3.63) is 28.3 Å². The van der Waals surface area contributed by atoms with Crippen molar-refractivity contribution in [2.75, 3.05) is 12.4 Å². The van der Waals surface area contributed by atoms with Crippen LogP contribution >= 0.6 is 0 Å². The molecule has 0 unspecified atom stereocenters. The van der Waals surface area contributed by atoms with Gasteiger partial charge in [0.2, 0.25) is 0 Å². The Morgan fingerprint density at radius 2 is 2.05 bits per heavy atom. The van der Waals surface area contributed by atoms with E-state index in [1.807, 2.05) is 0 Å². The van der Waals surface area contributed by atoms with Crippen molar-refractivity contribution in [1.82, 2.24) is 0 Å². The minimum Gasteiger partial charge on any atom is -0.490 e. The summed E-state index contributed by atoms with van der Waals surface area (Å²) in [6, 6.07) is 5.12. The molecule has 6 nitrogen and oxygen atoms in total. The van der Waals surface area contributed by atoms with Crippen molar-refractivity contribution in [2.24, 2.45) is 0 Å². The Morgan fingerprint density at radius 1 is 1.37 bits per heavy atom. The van der Waals surface area contributed by atoms with Crippen LogP contribution in [0.2, 0.25) is 0 Å². The quantitative estimate of drug-likeness (QED) is 0.645. The van der Waals surface area contributed by atoms with Gasteiger partial charge in [0.15, 0.2) is 5.75 Å². The molecule has 0 amide bonds. The summed E-state index contributed by atoms with van der Waals surface area (Å²) >= 11 is 0. The zero-order chi connectivity index (χ0) is 13.8. The van der Waals surface area contributed by atoms with Gasteiger partial charge in [-0.05, 0) is 37.8 Å². The van der Waals surface area contributed by atoms with Gasteiger partial charge in [-0.1, -0.05) is 0 Å². The molecule has 1 saturated carbocycles. The summed E-state index contributed by atoms with van der Waals surface area (Å²) in [5.74, 6) is 0.259. The molecule has 19 heavy (non-hydrogen) atoms. The zero-order valence-corrected chi connectivity index (χ0v) is 10.8. The molecular weight excluding hydrogens is 248 g/mol. The molecular formula is C13H18N2O4. The average molecular weight is 266 g/mol. The molecule has 2 rings (SSSR count). The second-order valence-electron chi connectivity index (χ2n) is 4.79. The third-order valence-corrected chi connectivity index (χ3v) is 3.44. The summed E-state index contributed by atoms with van der Waals surface area (Å²) in [6.07, 6.45) is 3.09. The molecule has 0 radical (unpaired) electrons. The van der Waals surface area contributed by atoms with Crippen LogP contribution in [0.4, 0.5) is 11.4 Å². The smallest absolute Gasteiger partial charge is 0.312 e. The lowest BCUT2D eigenvalue weighted by atomic mass is 9.93. The van der Waals surface area contributed by atoms with Crippen LogP contribution in [-0.4, -0.2) is 29.3 Å². The molecule has 0 aliphatic heterocycles. The summed E-state index contributed by atoms with van der Waals surface area (Å²) in [4.78, 5) is 10.5. The van der Waals surface area contributed by atoms with E-state index in [1.165, 1.54) is 13.2 Å². The van der Waals surface area contributed by atoms with Crippen LogP contribution in [0, 0.1) is 10.1 Å². The third kappa shape index (κ3) is 3.35. The Bertz CT molecular complexity index is 456. The lowest BCUT2D eigenvalue weighted by Gasteiger charge is -2.27. The van der Waals surface area contributed by atoms with Gasteiger partial charge in [0.25, 0.3) is 0 Å². The summed E-state index contributed by atoms with van der Waals surface area (Å²) < 4.78 is 4.96. The lowest BCUT2D eigenvalue weighted by Crippen LogP contribution is -2.28. The number of aliphatic hydroxyl groups excluding tert-OH is 1. The van der Waals surface area contributed by atoms with Gasteiger partial charge < -0.3 is 15.2 Å². The van der Waals surface area contributed by atoms with Gasteiger partial charge in [-0.25, -0.2) is 0 Å². The van der Waals surface area contributed by atoms with E-state index < -0.39 is 4.92 Å². The van der Waals surface area contributed by atoms with E-state index in [4.69, 9.17) is 4.74 Å². The minimum atomic E-state index is -0.450. The number of anilines is 1. The van der Waals surface area contributed by atoms with Crippen molar-refractivity contribution in [2.45, 2.75) is 37.8 Å². The molecule has 1 aliphatic rings. The summed E-state index contributed by atoms with van der Waals surface area (Å²) in [5.41, 5.74) is 0.678. The number of hydrogen-bond donors (Lipinski definition) is 2. The molecule has 2 N–H and O–H groups in total. The van der Waals surface area contributed by atoms with Crippen molar-refractivity contribution in [1.29, 1.82) is 0 Å². The Balaban J connectivity index is 2.08. The number of ether oxygens (including phenoxy) is 1. The number of nitro benzene ring substituents is 1. The van der Waals surface area contributed by atoms with Gasteiger partial charge >= 0.3 is 5.69 Å². The minimum absolute atomic E-state index is 0.0386. The van der Waals surface area contributed by atoms with Crippen LogP contribution in [0.3, 0.4) is 0 Å². The van der Waals surface area contributed by atoms with Crippen LogP contribution in [-0.2, 0) is 0 Å². The predicted octanol–water partition coefficient (Wildman–Crippen LogP) is 2.32. The molecule has 104 valence electrons. The Hall–Kier alpha value is -1.82. The van der Waals surface area contributed by atoms with Crippen LogP contribution in [0.15, 0.2) is 18.2 Å². The van der Waals surface area contributed by atoms with Crippen molar-refractivity contribution < 1.29 is 14.8 Å². The predicted molar refractivity (Wildman–Crippen MR) is 71.5 cm³/mol. The fourth-order valence-corrected chi connectivity index (χ4v) is 2.38. The molecule has 6 heteroatoms.